The van der Waals surface area contributed by atoms with Crippen molar-refractivity contribution in [3.8, 4) is 0 Å². The molecule has 5 aromatic carbocycles. The summed E-state index contributed by atoms with van der Waals surface area (Å²) < 4.78 is 0. The largest absolute Gasteiger partial charge is 0.275 e. The average Bonchev–Trinajstić information content (AvgIpc) is 2.93. The molecule has 0 N–H and O–H groups in total. The molecule has 37 heavy (non-hydrogen) atoms. The molecule has 0 unspecified atom stereocenters. The Labute approximate surface area is 213 Å². The summed E-state index contributed by atoms with van der Waals surface area (Å²) in [4.78, 5) is 55.4. The Kier molecular flexibility index (Phi) is 5.06. The minimum Gasteiger partial charge on any atom is -0.275 e. The number of carbonyl (C=O) groups excluding carboxylic acids is 4. The van der Waals surface area contributed by atoms with Crippen molar-refractivity contribution in [2.45, 2.75) is 34.1 Å². The number of rotatable bonds is 3. The summed E-state index contributed by atoms with van der Waals surface area (Å²) in [6.45, 7) is 8.43. The first-order valence-corrected chi connectivity index (χ1v) is 12.9. The molecule has 184 valence electrons. The molecule has 2 aliphatic rings. The van der Waals surface area contributed by atoms with Gasteiger partial charge in [0.25, 0.3) is 23.6 Å². The van der Waals surface area contributed by atoms with Crippen molar-refractivity contribution in [2.24, 2.45) is 0 Å². The first-order valence-electron chi connectivity index (χ1n) is 12.9. The summed E-state index contributed by atoms with van der Waals surface area (Å²) in [6, 6.07) is 14.9. The number of carbonyl (C=O) groups is 4. The van der Waals surface area contributed by atoms with Crippen LogP contribution in [0.15, 0.2) is 48.5 Å². The van der Waals surface area contributed by atoms with Crippen LogP contribution in [-0.4, -0.2) is 46.5 Å². The van der Waals surface area contributed by atoms with E-state index < -0.39 is 0 Å². The van der Waals surface area contributed by atoms with E-state index in [4.69, 9.17) is 0 Å². The first kappa shape index (κ1) is 23.1. The van der Waals surface area contributed by atoms with E-state index in [0.717, 1.165) is 32.3 Å². The van der Waals surface area contributed by atoms with Crippen molar-refractivity contribution < 1.29 is 19.2 Å². The lowest BCUT2D eigenvalue weighted by atomic mass is 9.82. The molecule has 4 amide bonds. The summed E-state index contributed by atoms with van der Waals surface area (Å²) >= 11 is 0. The summed E-state index contributed by atoms with van der Waals surface area (Å²) in [6.07, 6.45) is 0.694. The number of imide groups is 2. The van der Waals surface area contributed by atoms with Gasteiger partial charge in [0.1, 0.15) is 0 Å². The lowest BCUT2D eigenvalue weighted by Crippen LogP contribution is -2.40. The maximum Gasteiger partial charge on any atom is 0.261 e. The Morgan fingerprint density at radius 1 is 0.486 bits per heavy atom. The van der Waals surface area contributed by atoms with E-state index >= 15 is 0 Å². The monoisotopic (exact) mass is 490 g/mol. The summed E-state index contributed by atoms with van der Waals surface area (Å²) in [5.41, 5.74) is 2.12. The van der Waals surface area contributed by atoms with Gasteiger partial charge in [0, 0.05) is 46.1 Å². The van der Waals surface area contributed by atoms with Gasteiger partial charge in [-0.1, -0.05) is 45.0 Å². The molecule has 5 aromatic rings. The van der Waals surface area contributed by atoms with Gasteiger partial charge < -0.3 is 0 Å². The van der Waals surface area contributed by atoms with Crippen molar-refractivity contribution in [1.29, 1.82) is 0 Å². The lowest BCUT2D eigenvalue weighted by molar-refractivity contribution is 0.0599. The molecular formula is C31H26N2O4. The second-order valence-electron chi connectivity index (χ2n) is 9.26. The third kappa shape index (κ3) is 2.75. The third-order valence-corrected chi connectivity index (χ3v) is 7.57. The van der Waals surface area contributed by atoms with Gasteiger partial charge in [0.15, 0.2) is 0 Å². The molecule has 0 aliphatic carbocycles. The molecule has 2 aliphatic heterocycles. The zero-order chi connectivity index (χ0) is 26.2. The van der Waals surface area contributed by atoms with Gasteiger partial charge in [-0.2, -0.15) is 0 Å². The molecule has 0 aromatic heterocycles. The van der Waals surface area contributed by atoms with Gasteiger partial charge in [0.2, 0.25) is 0 Å². The molecule has 0 fully saturated rings. The predicted molar refractivity (Wildman–Crippen MR) is 146 cm³/mol. The minimum atomic E-state index is -0.281. The summed E-state index contributed by atoms with van der Waals surface area (Å²) in [5.74, 6) is -1.09. The zero-order valence-electron chi connectivity index (χ0n) is 21.3. The number of fused-ring (bicyclic) bond motifs is 2. The lowest BCUT2D eigenvalue weighted by Gasteiger charge is -2.29. The van der Waals surface area contributed by atoms with Crippen LogP contribution in [0.4, 0.5) is 0 Å². The number of nitrogens with zero attached hydrogens (tertiary/aromatic N) is 2. The van der Waals surface area contributed by atoms with Crippen molar-refractivity contribution in [2.75, 3.05) is 13.1 Å². The quantitative estimate of drug-likeness (QED) is 0.167. The van der Waals surface area contributed by atoms with Crippen LogP contribution in [0, 0.1) is 0 Å². The van der Waals surface area contributed by atoms with Crippen molar-refractivity contribution >= 4 is 66.7 Å². The standard InChI is InChI=1S/C29H20N2O4.C2H6/c1-3-13-31-28(34)20-11-7-16-14-5-9-18-24-19(27(33)30(4-2)26(18)32)10-6-15(22(14)24)17-8-12-21(29(31)35)25(20)23(16)17;1-2/h5-12H,3-4,13H2,1-2H3;1-2H3. The highest BCUT2D eigenvalue weighted by molar-refractivity contribution is 6.41. The number of hydrogen-bond donors (Lipinski definition) is 0. The molecule has 0 atom stereocenters. The molecule has 0 saturated carbocycles. The molecule has 7 rings (SSSR count). The average molecular weight is 491 g/mol. The van der Waals surface area contributed by atoms with Crippen LogP contribution in [-0.2, 0) is 0 Å². The van der Waals surface area contributed by atoms with E-state index in [9.17, 15) is 19.2 Å². The van der Waals surface area contributed by atoms with E-state index in [1.54, 1.807) is 31.2 Å². The van der Waals surface area contributed by atoms with E-state index in [1.807, 2.05) is 45.0 Å². The van der Waals surface area contributed by atoms with Crippen LogP contribution < -0.4 is 0 Å². The maximum atomic E-state index is 13.3. The fourth-order valence-electron chi connectivity index (χ4n) is 6.08. The van der Waals surface area contributed by atoms with Crippen LogP contribution in [0.3, 0.4) is 0 Å². The van der Waals surface area contributed by atoms with E-state index in [2.05, 4.69) is 0 Å². The second-order valence-corrected chi connectivity index (χ2v) is 9.26. The van der Waals surface area contributed by atoms with Crippen molar-refractivity contribution in [3.05, 3.63) is 70.8 Å². The summed E-state index contributed by atoms with van der Waals surface area (Å²) in [7, 11) is 0. The SMILES string of the molecule is CC.CCCN1C(=O)c2ccc3c4ccc5c6c(ccc(c7ccc(c2c37)C1=O)c64)C(=O)N(CC)C5=O. The summed E-state index contributed by atoms with van der Waals surface area (Å²) in [5, 5.41) is 6.71. The van der Waals surface area contributed by atoms with Crippen molar-refractivity contribution in [1.82, 2.24) is 9.80 Å². The molecule has 0 spiro atoms. The maximum absolute atomic E-state index is 13.3. The molecule has 0 bridgehead atoms. The topological polar surface area (TPSA) is 74.8 Å². The fourth-order valence-corrected chi connectivity index (χ4v) is 6.08. The molecule has 0 saturated heterocycles. The Hall–Kier alpha value is -4.32. The van der Waals surface area contributed by atoms with Crippen LogP contribution >= 0.6 is 0 Å². The van der Waals surface area contributed by atoms with Crippen LogP contribution in [0.5, 0.6) is 0 Å². The van der Waals surface area contributed by atoms with E-state index in [-0.39, 0.29) is 23.6 Å². The Bertz CT molecular complexity index is 1710. The van der Waals surface area contributed by atoms with Crippen LogP contribution in [0.1, 0.15) is 75.5 Å². The van der Waals surface area contributed by atoms with Gasteiger partial charge in [-0.25, -0.2) is 0 Å². The Balaban J connectivity index is 0.00000123. The molecule has 6 nitrogen and oxygen atoms in total. The Morgan fingerprint density at radius 2 is 0.811 bits per heavy atom. The predicted octanol–water partition coefficient (Wildman–Crippen LogP) is 6.39. The van der Waals surface area contributed by atoms with E-state index in [1.165, 1.54) is 9.80 Å². The molecule has 0 radical (unpaired) electrons. The van der Waals surface area contributed by atoms with Crippen LogP contribution in [0.2, 0.25) is 0 Å². The normalized spacial score (nSPS) is 14.9. The zero-order valence-corrected chi connectivity index (χ0v) is 21.3. The van der Waals surface area contributed by atoms with Crippen LogP contribution in [0.25, 0.3) is 43.1 Å². The minimum absolute atomic E-state index is 0.264. The third-order valence-electron chi connectivity index (χ3n) is 7.57. The smallest absolute Gasteiger partial charge is 0.261 e. The highest BCUT2D eigenvalue weighted by Gasteiger charge is 2.36. The number of amides is 4. The molecule has 6 heteroatoms. The van der Waals surface area contributed by atoms with Crippen molar-refractivity contribution in [3.63, 3.8) is 0 Å². The first-order chi connectivity index (χ1) is 18.0. The van der Waals surface area contributed by atoms with Gasteiger partial charge in [-0.05, 0) is 69.9 Å². The molecule has 2 heterocycles. The van der Waals surface area contributed by atoms with Gasteiger partial charge in [-0.3, -0.25) is 29.0 Å². The highest BCUT2D eigenvalue weighted by Crippen LogP contribution is 2.46. The van der Waals surface area contributed by atoms with Gasteiger partial charge >= 0.3 is 0 Å². The number of benzene rings is 5. The second kappa shape index (κ2) is 8.10. The Morgan fingerprint density at radius 3 is 1.11 bits per heavy atom. The molecular weight excluding hydrogens is 464 g/mol. The van der Waals surface area contributed by atoms with E-state index in [0.29, 0.717) is 52.5 Å². The number of hydrogen-bond acceptors (Lipinski definition) is 4. The van der Waals surface area contributed by atoms with Gasteiger partial charge in [-0.15, -0.1) is 0 Å². The highest BCUT2D eigenvalue weighted by atomic mass is 16.2. The fraction of sp³-hybridized carbons (Fsp3) is 0.226. The van der Waals surface area contributed by atoms with Gasteiger partial charge in [0.05, 0.1) is 0 Å².